The summed E-state index contributed by atoms with van der Waals surface area (Å²) in [6.45, 7) is -0.279. The predicted octanol–water partition coefficient (Wildman–Crippen LogP) is 1.92. The van der Waals surface area contributed by atoms with Gasteiger partial charge in [-0.2, -0.15) is 0 Å². The van der Waals surface area contributed by atoms with Gasteiger partial charge in [-0.1, -0.05) is 0 Å². The average molecular weight is 265 g/mol. The summed E-state index contributed by atoms with van der Waals surface area (Å²) in [5.74, 6) is -2.64. The van der Waals surface area contributed by atoms with Crippen molar-refractivity contribution in [3.8, 4) is 11.3 Å². The van der Waals surface area contributed by atoms with E-state index in [1.165, 1.54) is 18.2 Å². The number of aromatic nitrogens is 2. The van der Waals surface area contributed by atoms with Crippen LogP contribution in [0.2, 0.25) is 0 Å². The number of nitrogens with zero attached hydrogens (tertiary/aromatic N) is 2. The molecule has 2 rings (SSSR count). The maximum atomic E-state index is 13.1. The van der Waals surface area contributed by atoms with Gasteiger partial charge in [0.1, 0.15) is 12.4 Å². The quantitative estimate of drug-likeness (QED) is 0.883. The third-order valence-electron chi connectivity index (χ3n) is 2.30. The molecule has 0 bridgehead atoms. The lowest BCUT2D eigenvalue weighted by Gasteiger charge is -2.04. The standard InChI is InChI=1S/C12H9F2N3O2/c13-8-2-1-7(5-9(8)14)10-3-4-11(17-16-10)15-6-12(18)19/h1-5H,6H2,(H,15,17)(H,18,19). The Morgan fingerprint density at radius 2 is 1.95 bits per heavy atom. The molecule has 0 saturated carbocycles. The monoisotopic (exact) mass is 265 g/mol. The lowest BCUT2D eigenvalue weighted by atomic mass is 10.1. The molecule has 0 aliphatic heterocycles. The second-order valence-electron chi connectivity index (χ2n) is 3.68. The van der Waals surface area contributed by atoms with Crippen molar-refractivity contribution in [3.05, 3.63) is 42.0 Å². The second-order valence-corrected chi connectivity index (χ2v) is 3.68. The number of carboxylic acids is 1. The molecule has 5 nitrogen and oxygen atoms in total. The highest BCUT2D eigenvalue weighted by molar-refractivity contribution is 5.72. The summed E-state index contributed by atoms with van der Waals surface area (Å²) in [6.07, 6.45) is 0. The van der Waals surface area contributed by atoms with Crippen LogP contribution in [-0.2, 0) is 4.79 Å². The Bertz CT molecular complexity index is 602. The molecule has 0 aliphatic carbocycles. The van der Waals surface area contributed by atoms with Gasteiger partial charge in [0, 0.05) is 5.56 Å². The summed E-state index contributed by atoms with van der Waals surface area (Å²) in [4.78, 5) is 10.3. The highest BCUT2D eigenvalue weighted by atomic mass is 19.2. The van der Waals surface area contributed by atoms with Crippen LogP contribution >= 0.6 is 0 Å². The van der Waals surface area contributed by atoms with Crippen molar-refractivity contribution in [2.45, 2.75) is 0 Å². The zero-order valence-electron chi connectivity index (χ0n) is 9.60. The molecule has 7 heteroatoms. The smallest absolute Gasteiger partial charge is 0.322 e. The zero-order valence-corrected chi connectivity index (χ0v) is 9.60. The highest BCUT2D eigenvalue weighted by Gasteiger charge is 2.06. The molecule has 0 spiro atoms. The van der Waals surface area contributed by atoms with Gasteiger partial charge in [0.15, 0.2) is 11.6 Å². The first kappa shape index (κ1) is 12.9. The van der Waals surface area contributed by atoms with E-state index in [1.54, 1.807) is 0 Å². The van der Waals surface area contributed by atoms with Crippen LogP contribution in [0, 0.1) is 11.6 Å². The van der Waals surface area contributed by atoms with Gasteiger partial charge in [-0.25, -0.2) is 8.78 Å². The number of halogens is 2. The SMILES string of the molecule is O=C(O)CNc1ccc(-c2ccc(F)c(F)c2)nn1. The first-order chi connectivity index (χ1) is 9.06. The van der Waals surface area contributed by atoms with Gasteiger partial charge < -0.3 is 10.4 Å². The van der Waals surface area contributed by atoms with Crippen molar-refractivity contribution in [1.82, 2.24) is 10.2 Å². The minimum atomic E-state index is -1.02. The van der Waals surface area contributed by atoms with Crippen LogP contribution in [0.25, 0.3) is 11.3 Å². The third kappa shape index (κ3) is 3.21. The minimum Gasteiger partial charge on any atom is -0.480 e. The number of aliphatic carboxylic acids is 1. The molecule has 0 aliphatic rings. The van der Waals surface area contributed by atoms with Gasteiger partial charge >= 0.3 is 5.97 Å². The number of benzene rings is 1. The molecule has 1 heterocycles. The van der Waals surface area contributed by atoms with E-state index in [0.29, 0.717) is 11.3 Å². The summed E-state index contributed by atoms with van der Waals surface area (Å²) in [6, 6.07) is 6.44. The Morgan fingerprint density at radius 3 is 2.53 bits per heavy atom. The van der Waals surface area contributed by atoms with E-state index < -0.39 is 17.6 Å². The number of carboxylic acid groups (broad SMARTS) is 1. The van der Waals surface area contributed by atoms with Crippen LogP contribution < -0.4 is 5.32 Å². The predicted molar refractivity (Wildman–Crippen MR) is 63.5 cm³/mol. The normalized spacial score (nSPS) is 10.2. The summed E-state index contributed by atoms with van der Waals surface area (Å²) in [5.41, 5.74) is 0.746. The molecule has 0 atom stereocenters. The van der Waals surface area contributed by atoms with Crippen LogP contribution in [0.15, 0.2) is 30.3 Å². The summed E-state index contributed by atoms with van der Waals surface area (Å²) >= 11 is 0. The number of hydrogen-bond acceptors (Lipinski definition) is 4. The molecular weight excluding hydrogens is 256 g/mol. The Labute approximate surface area is 106 Å². The van der Waals surface area contributed by atoms with Crippen molar-refractivity contribution in [3.63, 3.8) is 0 Å². The van der Waals surface area contributed by atoms with Crippen LogP contribution in [0.1, 0.15) is 0 Å². The topological polar surface area (TPSA) is 75.1 Å². The maximum absolute atomic E-state index is 13.1. The largest absolute Gasteiger partial charge is 0.480 e. The molecule has 1 aromatic heterocycles. The van der Waals surface area contributed by atoms with Crippen LogP contribution in [0.3, 0.4) is 0 Å². The summed E-state index contributed by atoms with van der Waals surface area (Å²) in [7, 11) is 0. The molecular formula is C12H9F2N3O2. The molecule has 0 unspecified atom stereocenters. The van der Waals surface area contributed by atoms with Crippen LogP contribution in [-0.4, -0.2) is 27.8 Å². The van der Waals surface area contributed by atoms with Crippen LogP contribution in [0.5, 0.6) is 0 Å². The van der Waals surface area contributed by atoms with E-state index >= 15 is 0 Å². The van der Waals surface area contributed by atoms with Gasteiger partial charge in [0.25, 0.3) is 0 Å². The van der Waals surface area contributed by atoms with Crippen molar-refractivity contribution < 1.29 is 18.7 Å². The van der Waals surface area contributed by atoms with E-state index in [9.17, 15) is 13.6 Å². The van der Waals surface area contributed by atoms with Gasteiger partial charge in [0.05, 0.1) is 5.69 Å². The molecule has 0 saturated heterocycles. The fraction of sp³-hybridized carbons (Fsp3) is 0.0833. The fourth-order valence-electron chi connectivity index (χ4n) is 1.40. The van der Waals surface area contributed by atoms with Gasteiger partial charge in [0.2, 0.25) is 0 Å². The van der Waals surface area contributed by atoms with E-state index in [1.807, 2.05) is 0 Å². The van der Waals surface area contributed by atoms with Crippen molar-refractivity contribution in [2.75, 3.05) is 11.9 Å². The van der Waals surface area contributed by atoms with Gasteiger partial charge in [-0.3, -0.25) is 4.79 Å². The zero-order chi connectivity index (χ0) is 13.8. The molecule has 2 N–H and O–H groups in total. The number of nitrogens with one attached hydrogen (secondary N) is 1. The molecule has 1 aromatic carbocycles. The van der Waals surface area contributed by atoms with E-state index in [-0.39, 0.29) is 12.4 Å². The van der Waals surface area contributed by atoms with Crippen molar-refractivity contribution >= 4 is 11.8 Å². The Kier molecular flexibility index (Phi) is 3.65. The van der Waals surface area contributed by atoms with E-state index in [0.717, 1.165) is 12.1 Å². The molecule has 98 valence electrons. The van der Waals surface area contributed by atoms with Crippen molar-refractivity contribution in [1.29, 1.82) is 0 Å². The van der Waals surface area contributed by atoms with E-state index in [2.05, 4.69) is 15.5 Å². The number of carbonyl (C=O) groups is 1. The summed E-state index contributed by atoms with van der Waals surface area (Å²) in [5, 5.41) is 18.6. The molecule has 0 radical (unpaired) electrons. The Morgan fingerprint density at radius 1 is 1.16 bits per heavy atom. The average Bonchev–Trinajstić information content (AvgIpc) is 2.40. The first-order valence-corrected chi connectivity index (χ1v) is 5.31. The van der Waals surface area contributed by atoms with Gasteiger partial charge in [-0.05, 0) is 30.3 Å². The molecule has 2 aromatic rings. The van der Waals surface area contributed by atoms with E-state index in [4.69, 9.17) is 5.11 Å². The Hall–Kier alpha value is -2.57. The number of anilines is 1. The minimum absolute atomic E-state index is 0.279. The Balaban J connectivity index is 2.17. The lowest BCUT2D eigenvalue weighted by Crippen LogP contribution is -2.13. The highest BCUT2D eigenvalue weighted by Crippen LogP contribution is 2.19. The van der Waals surface area contributed by atoms with Crippen LogP contribution in [0.4, 0.5) is 14.6 Å². The summed E-state index contributed by atoms with van der Waals surface area (Å²) < 4.78 is 25.8. The molecule has 0 amide bonds. The van der Waals surface area contributed by atoms with Crippen molar-refractivity contribution in [2.24, 2.45) is 0 Å². The number of rotatable bonds is 4. The first-order valence-electron chi connectivity index (χ1n) is 5.31. The maximum Gasteiger partial charge on any atom is 0.322 e. The fourth-order valence-corrected chi connectivity index (χ4v) is 1.40. The molecule has 0 fully saturated rings. The molecule has 19 heavy (non-hydrogen) atoms. The van der Waals surface area contributed by atoms with Gasteiger partial charge in [-0.15, -0.1) is 10.2 Å². The number of hydrogen-bond donors (Lipinski definition) is 2. The second kappa shape index (κ2) is 5.38. The third-order valence-corrected chi connectivity index (χ3v) is 2.30. The lowest BCUT2D eigenvalue weighted by molar-refractivity contribution is -0.134.